The quantitative estimate of drug-likeness (QED) is 0.446. The molecule has 0 aromatic heterocycles. The largest absolute Gasteiger partial charge is 0.497 e. The molecule has 28 heavy (non-hydrogen) atoms. The van der Waals surface area contributed by atoms with Crippen LogP contribution < -0.4 is 4.74 Å². The van der Waals surface area contributed by atoms with Crippen molar-refractivity contribution >= 4 is 11.8 Å². The summed E-state index contributed by atoms with van der Waals surface area (Å²) in [5, 5.41) is 0. The van der Waals surface area contributed by atoms with E-state index in [4.69, 9.17) is 9.47 Å². The molecule has 0 aliphatic carbocycles. The summed E-state index contributed by atoms with van der Waals surface area (Å²) in [4.78, 5) is 25.7. The fourth-order valence-corrected chi connectivity index (χ4v) is 3.04. The van der Waals surface area contributed by atoms with E-state index >= 15 is 0 Å². The molecular formula is C24H22O4. The maximum atomic E-state index is 13.0. The monoisotopic (exact) mass is 374 g/mol. The third kappa shape index (κ3) is 4.46. The second-order valence-electron chi connectivity index (χ2n) is 6.43. The number of methoxy groups -OCH3 is 1. The Labute approximate surface area is 164 Å². The van der Waals surface area contributed by atoms with Gasteiger partial charge in [0.15, 0.2) is 6.10 Å². The van der Waals surface area contributed by atoms with Gasteiger partial charge in [-0.15, -0.1) is 0 Å². The highest BCUT2D eigenvalue weighted by atomic mass is 16.5. The summed E-state index contributed by atoms with van der Waals surface area (Å²) >= 11 is 0. The maximum absolute atomic E-state index is 13.0. The highest BCUT2D eigenvalue weighted by Crippen LogP contribution is 2.27. The van der Waals surface area contributed by atoms with Crippen LogP contribution in [0.1, 0.15) is 34.3 Å². The van der Waals surface area contributed by atoms with Gasteiger partial charge in [0.2, 0.25) is 5.78 Å². The highest BCUT2D eigenvalue weighted by molar-refractivity contribution is 6.00. The van der Waals surface area contributed by atoms with E-state index in [1.54, 1.807) is 38.3 Å². The Morgan fingerprint density at radius 1 is 0.750 bits per heavy atom. The zero-order chi connectivity index (χ0) is 19.9. The number of carbonyl (C=O) groups excluding carboxylic acids is 2. The molecule has 0 aliphatic heterocycles. The molecule has 0 saturated heterocycles. The Bertz CT molecular complexity index is 878. The van der Waals surface area contributed by atoms with Crippen LogP contribution in [0.25, 0.3) is 0 Å². The minimum Gasteiger partial charge on any atom is -0.497 e. The number of ether oxygens (including phenoxy) is 2. The molecule has 0 fully saturated rings. The molecule has 4 heteroatoms. The number of hydrogen-bond donors (Lipinski definition) is 0. The summed E-state index contributed by atoms with van der Waals surface area (Å²) in [6.45, 7) is 1.59. The molecule has 0 N–H and O–H groups in total. The second-order valence-corrected chi connectivity index (χ2v) is 6.43. The van der Waals surface area contributed by atoms with Crippen molar-refractivity contribution < 1.29 is 19.1 Å². The molecule has 0 spiro atoms. The Hall–Kier alpha value is -3.40. The van der Waals surface area contributed by atoms with Gasteiger partial charge in [0.1, 0.15) is 11.7 Å². The van der Waals surface area contributed by atoms with Gasteiger partial charge in [0.25, 0.3) is 0 Å². The van der Waals surface area contributed by atoms with Crippen LogP contribution in [0.5, 0.6) is 5.75 Å². The van der Waals surface area contributed by atoms with Crippen LogP contribution >= 0.6 is 0 Å². The van der Waals surface area contributed by atoms with E-state index in [0.717, 1.165) is 11.1 Å². The van der Waals surface area contributed by atoms with E-state index in [0.29, 0.717) is 11.3 Å². The number of rotatable bonds is 7. The summed E-state index contributed by atoms with van der Waals surface area (Å²) in [6, 6.07) is 25.6. The summed E-state index contributed by atoms with van der Waals surface area (Å²) in [6.07, 6.45) is -0.893. The molecule has 3 aromatic rings. The smallest absolute Gasteiger partial charge is 0.318 e. The first-order chi connectivity index (χ1) is 13.6. The summed E-state index contributed by atoms with van der Waals surface area (Å²) in [5.74, 6) is -0.634. The average Bonchev–Trinajstić information content (AvgIpc) is 2.75. The minimum atomic E-state index is -0.893. The maximum Gasteiger partial charge on any atom is 0.318 e. The zero-order valence-electron chi connectivity index (χ0n) is 15.9. The average molecular weight is 374 g/mol. The topological polar surface area (TPSA) is 52.6 Å². The molecule has 3 rings (SSSR count). The summed E-state index contributed by atoms with van der Waals surface area (Å²) in [5.41, 5.74) is 2.11. The van der Waals surface area contributed by atoms with E-state index in [1.165, 1.54) is 0 Å². The Balaban J connectivity index is 1.80. The van der Waals surface area contributed by atoms with Gasteiger partial charge in [0, 0.05) is 5.56 Å². The lowest BCUT2D eigenvalue weighted by Gasteiger charge is -2.20. The van der Waals surface area contributed by atoms with Crippen LogP contribution in [0, 0.1) is 0 Å². The molecule has 4 nitrogen and oxygen atoms in total. The predicted octanol–water partition coefficient (Wildman–Crippen LogP) is 4.64. The number of ketones is 1. The van der Waals surface area contributed by atoms with E-state index in [-0.39, 0.29) is 5.78 Å². The van der Waals surface area contributed by atoms with Crippen molar-refractivity contribution in [2.45, 2.75) is 18.9 Å². The van der Waals surface area contributed by atoms with E-state index in [9.17, 15) is 9.59 Å². The van der Waals surface area contributed by atoms with Crippen molar-refractivity contribution in [3.8, 4) is 5.75 Å². The molecule has 0 saturated carbocycles. The van der Waals surface area contributed by atoms with Crippen molar-refractivity contribution in [2.24, 2.45) is 0 Å². The minimum absolute atomic E-state index is 0.254. The third-order valence-corrected chi connectivity index (χ3v) is 4.54. The summed E-state index contributed by atoms with van der Waals surface area (Å²) in [7, 11) is 1.56. The van der Waals surface area contributed by atoms with Crippen LogP contribution in [-0.2, 0) is 9.53 Å². The van der Waals surface area contributed by atoms with Crippen molar-refractivity contribution in [1.82, 2.24) is 0 Å². The summed E-state index contributed by atoms with van der Waals surface area (Å²) < 4.78 is 10.7. The van der Waals surface area contributed by atoms with Gasteiger partial charge in [-0.2, -0.15) is 0 Å². The van der Waals surface area contributed by atoms with E-state index < -0.39 is 18.0 Å². The first kappa shape index (κ1) is 19.4. The molecular weight excluding hydrogens is 352 g/mol. The Kier molecular flexibility index (Phi) is 6.22. The van der Waals surface area contributed by atoms with Gasteiger partial charge in [-0.3, -0.25) is 9.59 Å². The molecule has 1 atom stereocenters. The number of hydrogen-bond acceptors (Lipinski definition) is 4. The van der Waals surface area contributed by atoms with Crippen LogP contribution in [0.3, 0.4) is 0 Å². The lowest BCUT2D eigenvalue weighted by molar-refractivity contribution is -0.147. The van der Waals surface area contributed by atoms with Crippen LogP contribution in [0.4, 0.5) is 0 Å². The molecule has 3 aromatic carbocycles. The van der Waals surface area contributed by atoms with E-state index in [2.05, 4.69) is 0 Å². The Morgan fingerprint density at radius 3 is 1.71 bits per heavy atom. The van der Waals surface area contributed by atoms with Crippen molar-refractivity contribution in [3.63, 3.8) is 0 Å². The fraction of sp³-hybridized carbons (Fsp3) is 0.167. The first-order valence-corrected chi connectivity index (χ1v) is 9.09. The normalized spacial score (nSPS) is 11.7. The lowest BCUT2D eigenvalue weighted by atomic mass is 9.91. The number of esters is 1. The van der Waals surface area contributed by atoms with E-state index in [1.807, 2.05) is 60.7 Å². The highest BCUT2D eigenvalue weighted by Gasteiger charge is 2.28. The van der Waals surface area contributed by atoms with Crippen molar-refractivity contribution in [3.05, 3.63) is 102 Å². The molecule has 0 radical (unpaired) electrons. The van der Waals surface area contributed by atoms with Gasteiger partial charge in [-0.1, -0.05) is 60.7 Å². The zero-order valence-corrected chi connectivity index (χ0v) is 15.9. The van der Waals surface area contributed by atoms with Gasteiger partial charge < -0.3 is 9.47 Å². The molecule has 0 bridgehead atoms. The van der Waals surface area contributed by atoms with Crippen LogP contribution in [-0.4, -0.2) is 25.0 Å². The number of benzene rings is 3. The third-order valence-electron chi connectivity index (χ3n) is 4.54. The molecule has 0 heterocycles. The molecule has 142 valence electrons. The van der Waals surface area contributed by atoms with Gasteiger partial charge >= 0.3 is 5.97 Å². The van der Waals surface area contributed by atoms with Crippen molar-refractivity contribution in [1.29, 1.82) is 0 Å². The van der Waals surface area contributed by atoms with Gasteiger partial charge in [-0.05, 0) is 42.3 Å². The molecule has 0 unspecified atom stereocenters. The van der Waals surface area contributed by atoms with Crippen LogP contribution in [0.15, 0.2) is 84.9 Å². The number of Topliss-reactive ketones (excluding diaryl/α,β-unsaturated/α-hetero) is 1. The predicted molar refractivity (Wildman–Crippen MR) is 108 cm³/mol. The lowest BCUT2D eigenvalue weighted by Crippen LogP contribution is -2.28. The second kappa shape index (κ2) is 9.00. The Morgan fingerprint density at radius 2 is 1.25 bits per heavy atom. The van der Waals surface area contributed by atoms with Crippen molar-refractivity contribution in [2.75, 3.05) is 7.11 Å². The van der Waals surface area contributed by atoms with Gasteiger partial charge in [0.05, 0.1) is 7.11 Å². The first-order valence-electron chi connectivity index (χ1n) is 9.09. The van der Waals surface area contributed by atoms with Gasteiger partial charge in [-0.25, -0.2) is 0 Å². The fourth-order valence-electron chi connectivity index (χ4n) is 3.04. The standard InChI is InChI=1S/C24H22O4/c1-17(23(25)20-13-15-21(27-2)16-14-20)28-24(26)22(18-9-5-3-6-10-18)19-11-7-4-8-12-19/h3-17,22H,1-2H3/t17-/m0/s1. The van der Waals surface area contributed by atoms with Crippen LogP contribution in [0.2, 0.25) is 0 Å². The number of carbonyl (C=O) groups is 2. The molecule has 0 aliphatic rings. The molecule has 0 amide bonds. The SMILES string of the molecule is COc1ccc(C(=O)[C@H](C)OC(=O)C(c2ccccc2)c2ccccc2)cc1.